The Morgan fingerprint density at radius 3 is 2.53 bits per heavy atom. The highest BCUT2D eigenvalue weighted by Gasteiger charge is 2.04. The van der Waals surface area contributed by atoms with E-state index in [9.17, 15) is 4.79 Å². The number of allylic oxidation sites excluding steroid dienone is 2. The second-order valence-electron chi connectivity index (χ2n) is 4.83. The molecule has 1 aromatic carbocycles. The second kappa shape index (κ2) is 8.30. The molecule has 1 rings (SSSR count). The average molecular weight is 258 g/mol. The lowest BCUT2D eigenvalue weighted by Crippen LogP contribution is -2.05. The van der Waals surface area contributed by atoms with Crippen molar-refractivity contribution in [2.24, 2.45) is 0 Å². The Morgan fingerprint density at radius 1 is 1.21 bits per heavy atom. The normalized spacial score (nSPS) is 11.2. The lowest BCUT2D eigenvalue weighted by atomic mass is 10.1. The van der Waals surface area contributed by atoms with Crippen LogP contribution in [-0.4, -0.2) is 12.6 Å². The maximum absolute atomic E-state index is 11.7. The summed E-state index contributed by atoms with van der Waals surface area (Å²) in [4.78, 5) is 11.7. The number of hydrogen-bond donors (Lipinski definition) is 0. The molecule has 2 nitrogen and oxygen atoms in total. The highest BCUT2D eigenvalue weighted by molar-refractivity contribution is 5.89. The van der Waals surface area contributed by atoms with Crippen molar-refractivity contribution in [3.63, 3.8) is 0 Å². The summed E-state index contributed by atoms with van der Waals surface area (Å²) in [6.07, 6.45) is 5.15. The lowest BCUT2D eigenvalue weighted by molar-refractivity contribution is 0.0549. The molecule has 0 radical (unpaired) electrons. The van der Waals surface area contributed by atoms with E-state index in [-0.39, 0.29) is 5.97 Å². The van der Waals surface area contributed by atoms with Gasteiger partial charge in [-0.05, 0) is 51.3 Å². The summed E-state index contributed by atoms with van der Waals surface area (Å²) in [6.45, 7) is 8.33. The van der Waals surface area contributed by atoms with E-state index in [1.54, 1.807) is 12.1 Å². The molecule has 0 bridgehead atoms. The molecule has 1 aromatic rings. The highest BCUT2D eigenvalue weighted by atomic mass is 16.5. The van der Waals surface area contributed by atoms with Crippen LogP contribution in [0.3, 0.4) is 0 Å². The first-order chi connectivity index (χ1) is 9.09. The van der Waals surface area contributed by atoms with Crippen LogP contribution in [-0.2, 0) is 4.74 Å². The zero-order chi connectivity index (χ0) is 14.1. The Morgan fingerprint density at radius 2 is 1.89 bits per heavy atom. The third kappa shape index (κ3) is 6.61. The molecule has 2 heteroatoms. The first kappa shape index (κ1) is 15.2. The number of carbonyl (C=O) groups is 1. The van der Waals surface area contributed by atoms with Gasteiger partial charge in [0.2, 0.25) is 0 Å². The maximum atomic E-state index is 11.7. The Bertz CT molecular complexity index is 444. The highest BCUT2D eigenvalue weighted by Crippen LogP contribution is 2.10. The minimum Gasteiger partial charge on any atom is -0.458 e. The predicted octanol–water partition coefficient (Wildman–Crippen LogP) is 4.54. The molecule has 102 valence electrons. The average Bonchev–Trinajstić information content (AvgIpc) is 2.39. The molecule has 0 aromatic heterocycles. The van der Waals surface area contributed by atoms with E-state index >= 15 is 0 Å². The largest absolute Gasteiger partial charge is 0.458 e. The van der Waals surface area contributed by atoms with Crippen molar-refractivity contribution in [3.05, 3.63) is 59.7 Å². The van der Waals surface area contributed by atoms with Gasteiger partial charge in [-0.15, -0.1) is 6.58 Å². The van der Waals surface area contributed by atoms with E-state index in [0.29, 0.717) is 12.2 Å². The molecule has 0 N–H and O–H groups in total. The van der Waals surface area contributed by atoms with Gasteiger partial charge >= 0.3 is 5.97 Å². The van der Waals surface area contributed by atoms with Crippen molar-refractivity contribution < 1.29 is 9.53 Å². The van der Waals surface area contributed by atoms with Crippen LogP contribution in [0.15, 0.2) is 54.1 Å². The number of esters is 1. The summed E-state index contributed by atoms with van der Waals surface area (Å²) in [6, 6.07) is 9.05. The van der Waals surface area contributed by atoms with Crippen LogP contribution in [0.1, 0.15) is 43.5 Å². The van der Waals surface area contributed by atoms with Crippen molar-refractivity contribution >= 4 is 5.97 Å². The molecular weight excluding hydrogens is 236 g/mol. The molecule has 0 atom stereocenters. The summed E-state index contributed by atoms with van der Waals surface area (Å²) in [7, 11) is 0. The van der Waals surface area contributed by atoms with Gasteiger partial charge in [0.05, 0.1) is 5.56 Å². The molecule has 0 unspecified atom stereocenters. The fourth-order valence-corrected chi connectivity index (χ4v) is 1.69. The monoisotopic (exact) mass is 258 g/mol. The van der Waals surface area contributed by atoms with Crippen LogP contribution in [0, 0.1) is 0 Å². The van der Waals surface area contributed by atoms with Gasteiger partial charge in [-0.3, -0.25) is 0 Å². The van der Waals surface area contributed by atoms with E-state index in [1.165, 1.54) is 11.1 Å². The van der Waals surface area contributed by atoms with Crippen molar-refractivity contribution in [2.45, 2.75) is 33.1 Å². The first-order valence-electron chi connectivity index (χ1n) is 6.62. The van der Waals surface area contributed by atoms with Crippen LogP contribution < -0.4 is 0 Å². The van der Waals surface area contributed by atoms with Crippen molar-refractivity contribution in [2.75, 3.05) is 6.61 Å². The van der Waals surface area contributed by atoms with Gasteiger partial charge in [0.25, 0.3) is 0 Å². The standard InChI is InChI=1S/C17H22O2/c1-14(2)8-7-9-15(3)12-13-19-17(18)16-10-5-4-6-11-16/h4-6,10-12H,1,7-9,13H2,2-3H3/b15-12+. The molecule has 0 saturated heterocycles. The fraction of sp³-hybridized carbons (Fsp3) is 0.353. The summed E-state index contributed by atoms with van der Waals surface area (Å²) in [5, 5.41) is 0. The third-order valence-electron chi connectivity index (χ3n) is 2.83. The molecule has 0 saturated carbocycles. The molecule has 0 spiro atoms. The minimum absolute atomic E-state index is 0.272. The second-order valence-corrected chi connectivity index (χ2v) is 4.83. The minimum atomic E-state index is -0.272. The van der Waals surface area contributed by atoms with E-state index in [1.807, 2.05) is 31.2 Å². The van der Waals surface area contributed by atoms with Crippen LogP contribution in [0.4, 0.5) is 0 Å². The summed E-state index contributed by atoms with van der Waals surface area (Å²) in [5.74, 6) is -0.272. The molecule has 19 heavy (non-hydrogen) atoms. The quantitative estimate of drug-likeness (QED) is 0.530. The zero-order valence-corrected chi connectivity index (χ0v) is 11.8. The fourth-order valence-electron chi connectivity index (χ4n) is 1.69. The van der Waals surface area contributed by atoms with Gasteiger partial charge in [-0.25, -0.2) is 4.79 Å². The SMILES string of the molecule is C=C(C)CCC/C(C)=C/COC(=O)c1ccccc1. The molecule has 0 fully saturated rings. The van der Waals surface area contributed by atoms with E-state index in [0.717, 1.165) is 19.3 Å². The van der Waals surface area contributed by atoms with Crippen LogP contribution >= 0.6 is 0 Å². The predicted molar refractivity (Wildman–Crippen MR) is 79.1 cm³/mol. The number of benzene rings is 1. The van der Waals surface area contributed by atoms with E-state index in [4.69, 9.17) is 4.74 Å². The lowest BCUT2D eigenvalue weighted by Gasteiger charge is -2.04. The van der Waals surface area contributed by atoms with Gasteiger partial charge < -0.3 is 4.74 Å². The van der Waals surface area contributed by atoms with Gasteiger partial charge in [-0.2, -0.15) is 0 Å². The Balaban J connectivity index is 2.29. The molecular formula is C17H22O2. The number of rotatable bonds is 7. The molecule has 0 aliphatic heterocycles. The summed E-state index contributed by atoms with van der Waals surface area (Å²) < 4.78 is 5.19. The topological polar surface area (TPSA) is 26.3 Å². The van der Waals surface area contributed by atoms with Crippen molar-refractivity contribution in [1.82, 2.24) is 0 Å². The van der Waals surface area contributed by atoms with Crippen LogP contribution in [0.5, 0.6) is 0 Å². The Labute approximate surface area is 115 Å². The smallest absolute Gasteiger partial charge is 0.338 e. The van der Waals surface area contributed by atoms with E-state index in [2.05, 4.69) is 13.5 Å². The van der Waals surface area contributed by atoms with Crippen molar-refractivity contribution in [1.29, 1.82) is 0 Å². The zero-order valence-electron chi connectivity index (χ0n) is 11.8. The maximum Gasteiger partial charge on any atom is 0.338 e. The van der Waals surface area contributed by atoms with Crippen molar-refractivity contribution in [3.8, 4) is 0 Å². The number of ether oxygens (including phenoxy) is 1. The van der Waals surface area contributed by atoms with Crippen LogP contribution in [0.25, 0.3) is 0 Å². The van der Waals surface area contributed by atoms with Gasteiger partial charge in [0, 0.05) is 0 Å². The number of hydrogen-bond acceptors (Lipinski definition) is 2. The molecule has 0 heterocycles. The van der Waals surface area contributed by atoms with Gasteiger partial charge in [-0.1, -0.05) is 29.3 Å². The van der Waals surface area contributed by atoms with Gasteiger partial charge in [0.1, 0.15) is 6.61 Å². The molecule has 0 amide bonds. The Hall–Kier alpha value is -1.83. The van der Waals surface area contributed by atoms with Crippen LogP contribution in [0.2, 0.25) is 0 Å². The molecule has 0 aliphatic rings. The van der Waals surface area contributed by atoms with Gasteiger partial charge in [0.15, 0.2) is 0 Å². The number of carbonyl (C=O) groups excluding carboxylic acids is 1. The Kier molecular flexibility index (Phi) is 6.65. The summed E-state index contributed by atoms with van der Waals surface area (Å²) >= 11 is 0. The van der Waals surface area contributed by atoms with E-state index < -0.39 is 0 Å². The molecule has 0 aliphatic carbocycles. The first-order valence-corrected chi connectivity index (χ1v) is 6.62. The third-order valence-corrected chi connectivity index (χ3v) is 2.83. The summed E-state index contributed by atoms with van der Waals surface area (Å²) in [5.41, 5.74) is 3.06.